The molecule has 1 saturated heterocycles. The quantitative estimate of drug-likeness (QED) is 0.409. The predicted octanol–water partition coefficient (Wildman–Crippen LogP) is 2.95. The first-order valence-electron chi connectivity index (χ1n) is 11.1. The molecule has 9 heteroatoms. The van der Waals surface area contributed by atoms with Crippen molar-refractivity contribution in [2.45, 2.75) is 32.8 Å². The van der Waals surface area contributed by atoms with Gasteiger partial charge in [-0.15, -0.1) is 0 Å². The fourth-order valence-corrected chi connectivity index (χ4v) is 4.43. The number of methoxy groups -OCH3 is 3. The number of amides is 1. The van der Waals surface area contributed by atoms with Crippen molar-refractivity contribution in [2.75, 3.05) is 41.0 Å². The highest BCUT2D eigenvalue weighted by atomic mass is 16.5. The van der Waals surface area contributed by atoms with Crippen molar-refractivity contribution in [2.24, 2.45) is 7.05 Å². The molecule has 0 radical (unpaired) electrons. The van der Waals surface area contributed by atoms with Gasteiger partial charge in [0.25, 0.3) is 5.91 Å². The van der Waals surface area contributed by atoms with E-state index in [0.29, 0.717) is 46.2 Å². The summed E-state index contributed by atoms with van der Waals surface area (Å²) in [5.41, 5.74) is 2.22. The summed E-state index contributed by atoms with van der Waals surface area (Å²) in [6.45, 7) is 4.22. The highest BCUT2D eigenvalue weighted by molar-refractivity contribution is 6.06. The Hall–Kier alpha value is -3.33. The number of hydrogen-bond acceptors (Lipinski definition) is 7. The molecule has 3 rings (SSSR count). The van der Waals surface area contributed by atoms with Crippen LogP contribution in [-0.2, 0) is 16.5 Å². The summed E-state index contributed by atoms with van der Waals surface area (Å²) in [6.07, 6.45) is 1.57. The molecule has 1 amide bonds. The van der Waals surface area contributed by atoms with Crippen LogP contribution in [0.15, 0.2) is 18.2 Å². The molecule has 0 saturated carbocycles. The van der Waals surface area contributed by atoms with Gasteiger partial charge in [-0.25, -0.2) is 4.79 Å². The topological polar surface area (TPSA) is 96.3 Å². The van der Waals surface area contributed by atoms with E-state index in [1.807, 2.05) is 0 Å². The third-order valence-corrected chi connectivity index (χ3v) is 6.30. The fourth-order valence-electron chi connectivity index (χ4n) is 4.43. The lowest BCUT2D eigenvalue weighted by Crippen LogP contribution is -2.41. The van der Waals surface area contributed by atoms with E-state index in [1.165, 1.54) is 26.2 Å². The summed E-state index contributed by atoms with van der Waals surface area (Å²) in [6, 6.07) is 4.94. The molecule has 1 aliphatic heterocycles. The van der Waals surface area contributed by atoms with Gasteiger partial charge in [-0.2, -0.15) is 0 Å². The highest BCUT2D eigenvalue weighted by Gasteiger charge is 2.30. The second-order valence-corrected chi connectivity index (χ2v) is 8.29. The lowest BCUT2D eigenvalue weighted by molar-refractivity contribution is 0.0504. The van der Waals surface area contributed by atoms with Crippen molar-refractivity contribution in [3.63, 3.8) is 0 Å². The van der Waals surface area contributed by atoms with Crippen LogP contribution < -0.4 is 9.47 Å². The molecule has 1 unspecified atom stereocenters. The van der Waals surface area contributed by atoms with Gasteiger partial charge in [0.05, 0.1) is 39.5 Å². The van der Waals surface area contributed by atoms with Crippen LogP contribution in [0, 0.1) is 13.8 Å². The maximum absolute atomic E-state index is 13.6. The molecule has 2 heterocycles. The van der Waals surface area contributed by atoms with Crippen LogP contribution in [0.3, 0.4) is 0 Å². The first-order chi connectivity index (χ1) is 16.2. The number of carbonyl (C=O) groups is 3. The van der Waals surface area contributed by atoms with Crippen LogP contribution >= 0.6 is 0 Å². The molecular weight excluding hydrogens is 440 g/mol. The van der Waals surface area contributed by atoms with Gasteiger partial charge in [-0.3, -0.25) is 9.59 Å². The van der Waals surface area contributed by atoms with Crippen molar-refractivity contribution >= 4 is 17.7 Å². The van der Waals surface area contributed by atoms with Gasteiger partial charge in [0.2, 0.25) is 0 Å². The molecule has 184 valence electrons. The van der Waals surface area contributed by atoms with Crippen LogP contribution in [0.5, 0.6) is 11.5 Å². The molecule has 0 spiro atoms. The molecule has 0 N–H and O–H groups in total. The number of nitrogens with zero attached hydrogens (tertiary/aromatic N) is 2. The normalized spacial score (nSPS) is 15.2. The Morgan fingerprint density at radius 3 is 2.47 bits per heavy atom. The van der Waals surface area contributed by atoms with E-state index in [4.69, 9.17) is 18.9 Å². The van der Waals surface area contributed by atoms with Crippen molar-refractivity contribution in [3.05, 3.63) is 46.3 Å². The summed E-state index contributed by atoms with van der Waals surface area (Å²) in [7, 11) is 6.02. The fraction of sp³-hybridized carbons (Fsp3) is 0.480. The zero-order valence-electron chi connectivity index (χ0n) is 20.6. The molecule has 0 bridgehead atoms. The van der Waals surface area contributed by atoms with E-state index in [-0.39, 0.29) is 30.9 Å². The van der Waals surface area contributed by atoms with Crippen molar-refractivity contribution < 1.29 is 33.3 Å². The molecule has 1 aromatic heterocycles. The van der Waals surface area contributed by atoms with Crippen LogP contribution in [0.4, 0.5) is 0 Å². The number of hydrogen-bond donors (Lipinski definition) is 0. The number of ketones is 1. The molecule has 0 aliphatic carbocycles. The van der Waals surface area contributed by atoms with Crippen molar-refractivity contribution in [3.8, 4) is 11.5 Å². The maximum atomic E-state index is 13.6. The summed E-state index contributed by atoms with van der Waals surface area (Å²) < 4.78 is 22.9. The predicted molar refractivity (Wildman–Crippen MR) is 125 cm³/mol. The lowest BCUT2D eigenvalue weighted by Gasteiger charge is -2.26. The van der Waals surface area contributed by atoms with Crippen molar-refractivity contribution in [1.29, 1.82) is 0 Å². The molecule has 1 fully saturated rings. The Bertz CT molecular complexity index is 1080. The number of carbonyl (C=O) groups excluding carboxylic acids is 3. The molecule has 1 aromatic carbocycles. The van der Waals surface area contributed by atoms with E-state index in [1.54, 1.807) is 43.7 Å². The third kappa shape index (κ3) is 4.94. The van der Waals surface area contributed by atoms with Gasteiger partial charge >= 0.3 is 5.97 Å². The zero-order chi connectivity index (χ0) is 25.0. The Morgan fingerprint density at radius 1 is 1.15 bits per heavy atom. The lowest BCUT2D eigenvalue weighted by atomic mass is 10.0. The number of aromatic nitrogens is 1. The molecule has 1 aliphatic rings. The zero-order valence-corrected chi connectivity index (χ0v) is 20.6. The number of benzene rings is 1. The maximum Gasteiger partial charge on any atom is 0.354 e. The second-order valence-electron chi connectivity index (χ2n) is 8.29. The van der Waals surface area contributed by atoms with E-state index in [9.17, 15) is 14.4 Å². The van der Waals surface area contributed by atoms with Gasteiger partial charge < -0.3 is 28.4 Å². The summed E-state index contributed by atoms with van der Waals surface area (Å²) >= 11 is 0. The highest BCUT2D eigenvalue weighted by Crippen LogP contribution is 2.28. The van der Waals surface area contributed by atoms with E-state index >= 15 is 0 Å². The standard InChI is InChI=1S/C25H32N2O7/c1-15-22(16(2)26(3)23(15)25(30)33-6)20(28)14-27(13-18-8-7-11-34-18)24(29)19-10-9-17(31-4)12-21(19)32-5/h9-10,12,18H,7-8,11,13-14H2,1-6H3. The Kier molecular flexibility index (Phi) is 7.98. The van der Waals surface area contributed by atoms with Crippen LogP contribution in [-0.4, -0.2) is 74.3 Å². The first kappa shape index (κ1) is 25.3. The third-order valence-electron chi connectivity index (χ3n) is 6.30. The summed E-state index contributed by atoms with van der Waals surface area (Å²) in [5, 5.41) is 0. The SMILES string of the molecule is COC(=O)c1c(C)c(C(=O)CN(CC2CCCO2)C(=O)c2ccc(OC)cc2OC)c(C)n1C. The minimum Gasteiger partial charge on any atom is -0.497 e. The van der Waals surface area contributed by atoms with Gasteiger partial charge in [0.1, 0.15) is 17.2 Å². The second kappa shape index (κ2) is 10.7. The molecule has 2 aromatic rings. The number of rotatable bonds is 9. The minimum absolute atomic E-state index is 0.149. The Morgan fingerprint density at radius 2 is 1.88 bits per heavy atom. The summed E-state index contributed by atoms with van der Waals surface area (Å²) in [4.78, 5) is 40.8. The smallest absolute Gasteiger partial charge is 0.354 e. The van der Waals surface area contributed by atoms with Crippen LogP contribution in [0.25, 0.3) is 0 Å². The molecule has 9 nitrogen and oxygen atoms in total. The minimum atomic E-state index is -0.516. The van der Waals surface area contributed by atoms with Gasteiger partial charge in [0, 0.05) is 37.5 Å². The Labute approximate surface area is 199 Å². The molecule has 34 heavy (non-hydrogen) atoms. The van der Waals surface area contributed by atoms with Gasteiger partial charge in [0.15, 0.2) is 5.78 Å². The first-order valence-corrected chi connectivity index (χ1v) is 11.1. The van der Waals surface area contributed by atoms with E-state index in [0.717, 1.165) is 12.8 Å². The Balaban J connectivity index is 1.96. The average Bonchev–Trinajstić information content (AvgIpc) is 3.43. The van der Waals surface area contributed by atoms with Crippen LogP contribution in [0.2, 0.25) is 0 Å². The molecule has 1 atom stereocenters. The van der Waals surface area contributed by atoms with E-state index in [2.05, 4.69) is 0 Å². The number of esters is 1. The van der Waals surface area contributed by atoms with Gasteiger partial charge in [-0.05, 0) is 44.4 Å². The summed E-state index contributed by atoms with van der Waals surface area (Å²) in [5.74, 6) is -0.213. The number of Topliss-reactive ketones (excluding diaryl/α,β-unsaturated/α-hetero) is 1. The van der Waals surface area contributed by atoms with E-state index < -0.39 is 5.97 Å². The van der Waals surface area contributed by atoms with Crippen LogP contribution in [0.1, 0.15) is 55.3 Å². The average molecular weight is 473 g/mol. The van der Waals surface area contributed by atoms with Gasteiger partial charge in [-0.1, -0.05) is 0 Å². The number of ether oxygens (including phenoxy) is 4. The monoisotopic (exact) mass is 472 g/mol. The molecular formula is C25H32N2O7. The largest absolute Gasteiger partial charge is 0.497 e. The van der Waals surface area contributed by atoms with Crippen molar-refractivity contribution in [1.82, 2.24) is 9.47 Å².